The van der Waals surface area contributed by atoms with Gasteiger partial charge in [0.15, 0.2) is 0 Å². The van der Waals surface area contributed by atoms with Crippen molar-refractivity contribution in [2.24, 2.45) is 0 Å². The van der Waals surface area contributed by atoms with Crippen molar-refractivity contribution in [1.29, 1.82) is 0 Å². The van der Waals surface area contributed by atoms with Gasteiger partial charge in [-0.2, -0.15) is 0 Å². The van der Waals surface area contributed by atoms with Crippen LogP contribution in [0.4, 0.5) is 10.5 Å². The molecule has 0 fully saturated rings. The number of rotatable bonds is 3. The van der Waals surface area contributed by atoms with E-state index in [1.165, 1.54) is 0 Å². The Morgan fingerprint density at radius 2 is 2.05 bits per heavy atom. The van der Waals surface area contributed by atoms with Gasteiger partial charge in [-0.3, -0.25) is 0 Å². The van der Waals surface area contributed by atoms with Crippen molar-refractivity contribution in [3.05, 3.63) is 65.1 Å². The molecule has 0 saturated carbocycles. The molecule has 0 aliphatic heterocycles. The minimum Gasteiger partial charge on any atom is -0.332 e. The van der Waals surface area contributed by atoms with E-state index in [2.05, 4.69) is 15.6 Å². The van der Waals surface area contributed by atoms with Crippen LogP contribution in [0.5, 0.6) is 0 Å². The molecular weight excluding hydrogens is 300 g/mol. The van der Waals surface area contributed by atoms with E-state index in [1.807, 2.05) is 35.9 Å². The quantitative estimate of drug-likeness (QED) is 0.775. The van der Waals surface area contributed by atoms with E-state index in [4.69, 9.17) is 11.6 Å². The first-order valence-electron chi connectivity index (χ1n) is 6.85. The number of amides is 2. The zero-order chi connectivity index (χ0) is 15.5. The van der Waals surface area contributed by atoms with Crippen LogP contribution in [0.3, 0.4) is 0 Å². The molecule has 22 heavy (non-hydrogen) atoms. The predicted molar refractivity (Wildman–Crippen MR) is 87.2 cm³/mol. The molecule has 2 aromatic heterocycles. The number of pyridine rings is 1. The average Bonchev–Trinajstić information content (AvgIpc) is 2.92. The van der Waals surface area contributed by atoms with Crippen molar-refractivity contribution in [2.45, 2.75) is 13.5 Å². The largest absolute Gasteiger partial charge is 0.332 e. The monoisotopic (exact) mass is 314 g/mol. The van der Waals surface area contributed by atoms with E-state index in [1.54, 1.807) is 24.3 Å². The molecular formula is C16H15ClN4O. The third-order valence-electron chi connectivity index (χ3n) is 3.26. The highest BCUT2D eigenvalue weighted by molar-refractivity contribution is 6.30. The number of hydrogen-bond donors (Lipinski definition) is 2. The van der Waals surface area contributed by atoms with E-state index >= 15 is 0 Å². The first kappa shape index (κ1) is 14.4. The number of carbonyl (C=O) groups is 1. The number of aryl methyl sites for hydroxylation is 1. The predicted octanol–water partition coefficient (Wildman–Crippen LogP) is 3.62. The van der Waals surface area contributed by atoms with Gasteiger partial charge in [-0.05, 0) is 42.8 Å². The number of hydrogen-bond acceptors (Lipinski definition) is 2. The molecule has 112 valence electrons. The van der Waals surface area contributed by atoms with Gasteiger partial charge in [0.2, 0.25) is 0 Å². The van der Waals surface area contributed by atoms with Gasteiger partial charge in [0, 0.05) is 23.1 Å². The van der Waals surface area contributed by atoms with Crippen molar-refractivity contribution < 1.29 is 4.79 Å². The van der Waals surface area contributed by atoms with E-state index in [9.17, 15) is 4.79 Å². The summed E-state index contributed by atoms with van der Waals surface area (Å²) < 4.78 is 1.95. The standard InChI is InChI=1S/C16H15ClN4O/c1-11-3-2-8-21-10-14(19-15(11)21)9-18-16(22)20-13-6-4-12(17)5-7-13/h2-8,10H,9H2,1H3,(H2,18,20,22). The maximum Gasteiger partial charge on any atom is 0.319 e. The van der Waals surface area contributed by atoms with E-state index in [0.29, 0.717) is 17.3 Å². The minimum absolute atomic E-state index is 0.281. The summed E-state index contributed by atoms with van der Waals surface area (Å²) in [5.74, 6) is 0. The number of nitrogens with one attached hydrogen (secondary N) is 2. The van der Waals surface area contributed by atoms with E-state index in [0.717, 1.165) is 16.9 Å². The maximum absolute atomic E-state index is 11.9. The minimum atomic E-state index is -0.281. The van der Waals surface area contributed by atoms with Crippen LogP contribution in [0.2, 0.25) is 5.02 Å². The molecule has 0 spiro atoms. The second kappa shape index (κ2) is 6.07. The molecule has 0 radical (unpaired) electrons. The second-order valence-electron chi connectivity index (χ2n) is 4.97. The van der Waals surface area contributed by atoms with Crippen LogP contribution in [0.1, 0.15) is 11.3 Å². The molecule has 5 nitrogen and oxygen atoms in total. The molecule has 0 atom stereocenters. The summed E-state index contributed by atoms with van der Waals surface area (Å²) in [6, 6.07) is 10.6. The van der Waals surface area contributed by atoms with Crippen molar-refractivity contribution >= 4 is 29.0 Å². The fraction of sp³-hybridized carbons (Fsp3) is 0.125. The van der Waals surface area contributed by atoms with Crippen LogP contribution >= 0.6 is 11.6 Å². The molecule has 0 bridgehead atoms. The smallest absolute Gasteiger partial charge is 0.319 e. The van der Waals surface area contributed by atoms with Gasteiger partial charge >= 0.3 is 6.03 Å². The van der Waals surface area contributed by atoms with E-state index in [-0.39, 0.29) is 6.03 Å². The molecule has 2 heterocycles. The maximum atomic E-state index is 11.9. The number of imidazole rings is 1. The zero-order valence-corrected chi connectivity index (χ0v) is 12.8. The fourth-order valence-electron chi connectivity index (χ4n) is 2.17. The van der Waals surface area contributed by atoms with Gasteiger partial charge in [0.1, 0.15) is 5.65 Å². The number of benzene rings is 1. The van der Waals surface area contributed by atoms with Gasteiger partial charge in [-0.25, -0.2) is 9.78 Å². The first-order valence-corrected chi connectivity index (χ1v) is 7.23. The molecule has 0 aliphatic rings. The van der Waals surface area contributed by atoms with Crippen LogP contribution in [0.25, 0.3) is 5.65 Å². The van der Waals surface area contributed by atoms with Gasteiger partial charge in [-0.1, -0.05) is 17.7 Å². The Bertz CT molecular complexity index is 811. The summed E-state index contributed by atoms with van der Waals surface area (Å²) >= 11 is 5.80. The SMILES string of the molecule is Cc1cccn2cc(CNC(=O)Nc3ccc(Cl)cc3)nc12. The number of anilines is 1. The molecule has 3 rings (SSSR count). The first-order chi connectivity index (χ1) is 10.6. The lowest BCUT2D eigenvalue weighted by atomic mass is 10.3. The summed E-state index contributed by atoms with van der Waals surface area (Å²) in [5, 5.41) is 6.16. The van der Waals surface area contributed by atoms with Crippen LogP contribution < -0.4 is 10.6 Å². The van der Waals surface area contributed by atoms with Crippen molar-refractivity contribution in [2.75, 3.05) is 5.32 Å². The third kappa shape index (κ3) is 3.20. The number of nitrogens with zero attached hydrogens (tertiary/aromatic N) is 2. The lowest BCUT2D eigenvalue weighted by Crippen LogP contribution is -2.28. The Labute approximate surface area is 132 Å². The number of fused-ring (bicyclic) bond motifs is 1. The van der Waals surface area contributed by atoms with Crippen molar-refractivity contribution in [3.63, 3.8) is 0 Å². The average molecular weight is 315 g/mol. The molecule has 0 unspecified atom stereocenters. The van der Waals surface area contributed by atoms with Crippen LogP contribution in [0, 0.1) is 6.92 Å². The zero-order valence-electron chi connectivity index (χ0n) is 12.0. The number of urea groups is 1. The highest BCUT2D eigenvalue weighted by atomic mass is 35.5. The normalized spacial score (nSPS) is 10.6. The molecule has 6 heteroatoms. The molecule has 1 aromatic carbocycles. The lowest BCUT2D eigenvalue weighted by molar-refractivity contribution is 0.251. The van der Waals surface area contributed by atoms with Gasteiger partial charge in [0.25, 0.3) is 0 Å². The molecule has 0 saturated heterocycles. The fourth-order valence-corrected chi connectivity index (χ4v) is 2.29. The van der Waals surface area contributed by atoms with Crippen molar-refractivity contribution in [1.82, 2.24) is 14.7 Å². The van der Waals surface area contributed by atoms with Gasteiger partial charge in [0.05, 0.1) is 12.2 Å². The third-order valence-corrected chi connectivity index (χ3v) is 3.51. The molecule has 2 amide bonds. The van der Waals surface area contributed by atoms with Crippen LogP contribution in [-0.4, -0.2) is 15.4 Å². The summed E-state index contributed by atoms with van der Waals surface area (Å²) in [6.07, 6.45) is 3.84. The number of aromatic nitrogens is 2. The molecule has 2 N–H and O–H groups in total. The van der Waals surface area contributed by atoms with Crippen LogP contribution in [0.15, 0.2) is 48.8 Å². The second-order valence-corrected chi connectivity index (χ2v) is 5.41. The summed E-state index contributed by atoms with van der Waals surface area (Å²) in [4.78, 5) is 16.4. The van der Waals surface area contributed by atoms with Gasteiger partial charge in [-0.15, -0.1) is 0 Å². The Morgan fingerprint density at radius 3 is 2.77 bits per heavy atom. The Hall–Kier alpha value is -2.53. The highest BCUT2D eigenvalue weighted by Crippen LogP contribution is 2.13. The highest BCUT2D eigenvalue weighted by Gasteiger charge is 2.06. The van der Waals surface area contributed by atoms with Crippen molar-refractivity contribution in [3.8, 4) is 0 Å². The Balaban J connectivity index is 1.62. The lowest BCUT2D eigenvalue weighted by Gasteiger charge is -2.06. The van der Waals surface area contributed by atoms with E-state index < -0.39 is 0 Å². The van der Waals surface area contributed by atoms with Gasteiger partial charge < -0.3 is 15.0 Å². The van der Waals surface area contributed by atoms with Crippen LogP contribution in [-0.2, 0) is 6.54 Å². The summed E-state index contributed by atoms with van der Waals surface area (Å²) in [5.41, 5.74) is 3.49. The summed E-state index contributed by atoms with van der Waals surface area (Å²) in [6.45, 7) is 2.37. The topological polar surface area (TPSA) is 58.4 Å². The molecule has 0 aliphatic carbocycles. The Morgan fingerprint density at radius 1 is 1.27 bits per heavy atom. The Kier molecular flexibility index (Phi) is 3.98. The number of halogens is 1. The summed E-state index contributed by atoms with van der Waals surface area (Å²) in [7, 11) is 0. The molecule has 3 aromatic rings. The number of carbonyl (C=O) groups excluding carboxylic acids is 1.